The second-order valence-corrected chi connectivity index (χ2v) is 7.25. The van der Waals surface area contributed by atoms with Gasteiger partial charge in [0, 0.05) is 25.9 Å². The van der Waals surface area contributed by atoms with Gasteiger partial charge in [-0.2, -0.15) is 0 Å². The molecule has 1 heterocycles. The molecule has 0 aliphatic rings. The molecule has 0 bridgehead atoms. The molecule has 140 valence electrons. The van der Waals surface area contributed by atoms with Crippen LogP contribution in [0.4, 0.5) is 0 Å². The van der Waals surface area contributed by atoms with Crippen molar-refractivity contribution in [1.82, 2.24) is 14.0 Å². The quantitative estimate of drug-likeness (QED) is 0.780. The average molecular weight is 358 g/mol. The van der Waals surface area contributed by atoms with Gasteiger partial charge in [0.15, 0.2) is 0 Å². The van der Waals surface area contributed by atoms with Crippen molar-refractivity contribution in [3.8, 4) is 0 Å². The molecule has 0 saturated carbocycles. The van der Waals surface area contributed by atoms with E-state index < -0.39 is 11.2 Å². The number of nitrogens with two attached hydrogens (primary N) is 1. The molecule has 26 heavy (non-hydrogen) atoms. The van der Waals surface area contributed by atoms with Crippen molar-refractivity contribution in [2.45, 2.75) is 26.9 Å². The summed E-state index contributed by atoms with van der Waals surface area (Å²) < 4.78 is 2.39. The summed E-state index contributed by atoms with van der Waals surface area (Å²) in [7, 11) is 1.65. The highest BCUT2D eigenvalue weighted by Gasteiger charge is 2.22. The molecule has 0 fully saturated rings. The summed E-state index contributed by atoms with van der Waals surface area (Å²) >= 11 is 0. The van der Waals surface area contributed by atoms with Crippen LogP contribution in [0.2, 0.25) is 0 Å². The van der Waals surface area contributed by atoms with E-state index in [1.807, 2.05) is 44.2 Å². The molecule has 7 heteroatoms. The van der Waals surface area contributed by atoms with Crippen LogP contribution in [-0.2, 0) is 17.9 Å². The maximum absolute atomic E-state index is 12.6. The van der Waals surface area contributed by atoms with Crippen LogP contribution < -0.4 is 17.0 Å². The number of hydrogen-bond donors (Lipinski definition) is 1. The van der Waals surface area contributed by atoms with Gasteiger partial charge in [0.1, 0.15) is 6.54 Å². The standard InChI is InChI=1S/C19H26N4O3/c1-19(2,13-20)14-21(3)17(25)12-23-16(24)9-10-22(18(23)26)11-15-7-5-4-6-8-15/h4-10H,11-14,20H2,1-3H3. The molecular formula is C19H26N4O3. The Bertz CT molecular complexity index is 868. The largest absolute Gasteiger partial charge is 0.344 e. The molecule has 1 amide bonds. The van der Waals surface area contributed by atoms with Crippen LogP contribution in [0.25, 0.3) is 0 Å². The first-order valence-electron chi connectivity index (χ1n) is 8.52. The summed E-state index contributed by atoms with van der Waals surface area (Å²) in [6.07, 6.45) is 1.46. The van der Waals surface area contributed by atoms with Gasteiger partial charge >= 0.3 is 5.69 Å². The first-order valence-corrected chi connectivity index (χ1v) is 8.52. The van der Waals surface area contributed by atoms with Gasteiger partial charge in [-0.1, -0.05) is 44.2 Å². The Hall–Kier alpha value is -2.67. The molecular weight excluding hydrogens is 332 g/mol. The van der Waals surface area contributed by atoms with E-state index in [9.17, 15) is 14.4 Å². The number of rotatable bonds is 7. The topological polar surface area (TPSA) is 90.3 Å². The van der Waals surface area contributed by atoms with E-state index in [0.717, 1.165) is 10.1 Å². The van der Waals surface area contributed by atoms with Crippen molar-refractivity contribution in [2.24, 2.45) is 11.1 Å². The summed E-state index contributed by atoms with van der Waals surface area (Å²) in [5.41, 5.74) is 5.42. The third kappa shape index (κ3) is 4.92. The van der Waals surface area contributed by atoms with E-state index in [1.165, 1.54) is 21.7 Å². The summed E-state index contributed by atoms with van der Waals surface area (Å²) in [5, 5.41) is 0. The zero-order valence-electron chi connectivity index (χ0n) is 15.5. The van der Waals surface area contributed by atoms with Gasteiger partial charge in [-0.15, -0.1) is 0 Å². The number of benzene rings is 1. The normalized spacial score (nSPS) is 11.4. The number of amides is 1. The van der Waals surface area contributed by atoms with Crippen LogP contribution in [-0.4, -0.2) is 40.1 Å². The van der Waals surface area contributed by atoms with Crippen molar-refractivity contribution in [3.05, 3.63) is 69.0 Å². The first-order chi connectivity index (χ1) is 12.2. The van der Waals surface area contributed by atoms with Crippen LogP contribution in [0.15, 0.2) is 52.2 Å². The fourth-order valence-corrected chi connectivity index (χ4v) is 2.65. The molecule has 2 aromatic rings. The molecule has 0 aliphatic carbocycles. The Morgan fingerprint density at radius 2 is 1.81 bits per heavy atom. The van der Waals surface area contributed by atoms with E-state index in [4.69, 9.17) is 5.73 Å². The molecule has 0 spiro atoms. The second kappa shape index (κ2) is 8.14. The molecule has 2 N–H and O–H groups in total. The minimum Gasteiger partial charge on any atom is -0.344 e. The number of carbonyl (C=O) groups excluding carboxylic acids is 1. The van der Waals surface area contributed by atoms with Gasteiger partial charge < -0.3 is 10.6 Å². The van der Waals surface area contributed by atoms with Crippen molar-refractivity contribution < 1.29 is 4.79 Å². The second-order valence-electron chi connectivity index (χ2n) is 7.25. The number of nitrogens with zero attached hydrogens (tertiary/aromatic N) is 3. The minimum absolute atomic E-state index is 0.237. The number of likely N-dealkylation sites (N-methyl/N-ethyl adjacent to an activating group) is 1. The molecule has 2 rings (SSSR count). The zero-order chi connectivity index (χ0) is 19.3. The Kier molecular flexibility index (Phi) is 6.15. The lowest BCUT2D eigenvalue weighted by atomic mass is 9.93. The highest BCUT2D eigenvalue weighted by atomic mass is 16.2. The Labute approximate surface area is 152 Å². The van der Waals surface area contributed by atoms with Crippen LogP contribution in [0.3, 0.4) is 0 Å². The summed E-state index contributed by atoms with van der Waals surface area (Å²) in [6.45, 7) is 4.84. The molecule has 0 saturated heterocycles. The van der Waals surface area contributed by atoms with Gasteiger partial charge in [0.2, 0.25) is 5.91 Å². The Balaban J connectivity index is 2.21. The van der Waals surface area contributed by atoms with Gasteiger partial charge in [0.25, 0.3) is 5.56 Å². The number of carbonyl (C=O) groups is 1. The van der Waals surface area contributed by atoms with Crippen molar-refractivity contribution in [2.75, 3.05) is 20.1 Å². The van der Waals surface area contributed by atoms with Crippen molar-refractivity contribution >= 4 is 5.91 Å². The van der Waals surface area contributed by atoms with E-state index in [0.29, 0.717) is 19.6 Å². The van der Waals surface area contributed by atoms with E-state index >= 15 is 0 Å². The first kappa shape index (κ1) is 19.7. The molecule has 0 atom stereocenters. The summed E-state index contributed by atoms with van der Waals surface area (Å²) in [4.78, 5) is 38.7. The van der Waals surface area contributed by atoms with Crippen molar-refractivity contribution in [3.63, 3.8) is 0 Å². The SMILES string of the molecule is CN(CC(C)(C)CN)C(=O)Cn1c(=O)ccn(Cc2ccccc2)c1=O. The highest BCUT2D eigenvalue weighted by molar-refractivity contribution is 5.75. The van der Waals surface area contributed by atoms with Crippen LogP contribution in [0.5, 0.6) is 0 Å². The van der Waals surface area contributed by atoms with Crippen molar-refractivity contribution in [1.29, 1.82) is 0 Å². The highest BCUT2D eigenvalue weighted by Crippen LogP contribution is 2.13. The van der Waals surface area contributed by atoms with Gasteiger partial charge in [-0.05, 0) is 17.5 Å². The lowest BCUT2D eigenvalue weighted by Gasteiger charge is -2.29. The van der Waals surface area contributed by atoms with Crippen LogP contribution in [0.1, 0.15) is 19.4 Å². The number of hydrogen-bond acceptors (Lipinski definition) is 4. The third-order valence-corrected chi connectivity index (χ3v) is 4.27. The predicted octanol–water partition coefficient (Wildman–Crippen LogP) is 0.502. The Morgan fingerprint density at radius 1 is 1.15 bits per heavy atom. The van der Waals surface area contributed by atoms with E-state index in [-0.39, 0.29) is 17.9 Å². The summed E-state index contributed by atoms with van der Waals surface area (Å²) in [6, 6.07) is 10.8. The van der Waals surface area contributed by atoms with E-state index in [2.05, 4.69) is 0 Å². The maximum atomic E-state index is 12.6. The summed E-state index contributed by atoms with van der Waals surface area (Å²) in [5.74, 6) is -0.303. The number of aromatic nitrogens is 2. The van der Waals surface area contributed by atoms with Crippen LogP contribution in [0, 0.1) is 5.41 Å². The van der Waals surface area contributed by atoms with Crippen LogP contribution >= 0.6 is 0 Å². The Morgan fingerprint density at radius 3 is 2.42 bits per heavy atom. The van der Waals surface area contributed by atoms with E-state index in [1.54, 1.807) is 7.05 Å². The fourth-order valence-electron chi connectivity index (χ4n) is 2.65. The third-order valence-electron chi connectivity index (χ3n) is 4.27. The smallest absolute Gasteiger partial charge is 0.331 e. The zero-order valence-corrected chi connectivity index (χ0v) is 15.5. The predicted molar refractivity (Wildman–Crippen MR) is 101 cm³/mol. The lowest BCUT2D eigenvalue weighted by molar-refractivity contribution is -0.131. The average Bonchev–Trinajstić information content (AvgIpc) is 2.61. The minimum atomic E-state index is -0.499. The molecule has 0 unspecified atom stereocenters. The van der Waals surface area contributed by atoms with Gasteiger partial charge in [-0.3, -0.25) is 18.7 Å². The molecule has 0 aliphatic heterocycles. The molecule has 1 aromatic heterocycles. The monoisotopic (exact) mass is 358 g/mol. The van der Waals surface area contributed by atoms with Gasteiger partial charge in [0.05, 0.1) is 6.54 Å². The molecule has 0 radical (unpaired) electrons. The fraction of sp³-hybridized carbons (Fsp3) is 0.421. The molecule has 7 nitrogen and oxygen atoms in total. The van der Waals surface area contributed by atoms with Gasteiger partial charge in [-0.25, -0.2) is 4.79 Å². The maximum Gasteiger partial charge on any atom is 0.331 e. The molecule has 1 aromatic carbocycles. The lowest BCUT2D eigenvalue weighted by Crippen LogP contribution is -2.46.